The monoisotopic (exact) mass is 259 g/mol. The molecule has 1 fully saturated rings. The minimum absolute atomic E-state index is 0.0978. The third-order valence-corrected chi connectivity index (χ3v) is 3.86. The molecule has 0 aromatic heterocycles. The first kappa shape index (κ1) is 11.9. The van der Waals surface area contributed by atoms with Crippen LogP contribution in [0.4, 0.5) is 0 Å². The number of hydrogen-bond acceptors (Lipinski definition) is 3. The summed E-state index contributed by atoms with van der Waals surface area (Å²) < 4.78 is 21.8. The summed E-state index contributed by atoms with van der Waals surface area (Å²) in [5, 5.41) is 0. The van der Waals surface area contributed by atoms with Gasteiger partial charge in [-0.05, 0) is 18.2 Å². The van der Waals surface area contributed by atoms with Gasteiger partial charge < -0.3 is 4.90 Å². The Morgan fingerprint density at radius 2 is 1.88 bits per heavy atom. The Bertz CT molecular complexity index is 463. The minimum Gasteiger partial charge on any atom is -0.305 e. The van der Waals surface area contributed by atoms with Crippen LogP contribution in [0, 0.1) is 0 Å². The highest BCUT2D eigenvalue weighted by atomic mass is 35.7. The normalized spacial score (nSPS) is 18.4. The van der Waals surface area contributed by atoms with Gasteiger partial charge in [-0.3, -0.25) is 0 Å². The second kappa shape index (κ2) is 4.35. The molecule has 0 spiro atoms. The van der Waals surface area contributed by atoms with Gasteiger partial charge in [-0.15, -0.1) is 0 Å². The zero-order valence-electron chi connectivity index (χ0n) is 9.06. The van der Waals surface area contributed by atoms with Crippen molar-refractivity contribution in [2.24, 2.45) is 0 Å². The van der Waals surface area contributed by atoms with E-state index in [0.717, 1.165) is 18.7 Å². The molecule has 16 heavy (non-hydrogen) atoms. The lowest BCUT2D eigenvalue weighted by molar-refractivity contribution is 0.190. The molecule has 0 atom stereocenters. The summed E-state index contributed by atoms with van der Waals surface area (Å²) in [4.78, 5) is 2.25. The lowest BCUT2D eigenvalue weighted by Gasteiger charge is -2.36. The number of nitrogens with zero attached hydrogens (tertiary/aromatic N) is 1. The average molecular weight is 260 g/mol. The zero-order valence-corrected chi connectivity index (χ0v) is 10.6. The van der Waals surface area contributed by atoms with Gasteiger partial charge in [0.1, 0.15) is 0 Å². The van der Waals surface area contributed by atoms with Crippen LogP contribution < -0.4 is 0 Å². The van der Waals surface area contributed by atoms with Gasteiger partial charge in [0, 0.05) is 29.7 Å². The van der Waals surface area contributed by atoms with Gasteiger partial charge in [-0.25, -0.2) is 8.42 Å². The van der Waals surface area contributed by atoms with Crippen molar-refractivity contribution in [2.75, 3.05) is 20.1 Å². The van der Waals surface area contributed by atoms with Crippen LogP contribution in [-0.2, 0) is 14.8 Å². The molecule has 0 bridgehead atoms. The Morgan fingerprint density at radius 3 is 2.31 bits per heavy atom. The smallest absolute Gasteiger partial charge is 0.236 e. The summed E-state index contributed by atoms with van der Waals surface area (Å²) in [6, 6.07) is 7.67. The van der Waals surface area contributed by atoms with Crippen molar-refractivity contribution < 1.29 is 8.42 Å². The van der Waals surface area contributed by atoms with E-state index in [0.29, 0.717) is 5.92 Å². The summed E-state index contributed by atoms with van der Waals surface area (Å²) in [5.41, 5.74) is 2.01. The Morgan fingerprint density at radius 1 is 1.31 bits per heavy atom. The van der Waals surface area contributed by atoms with E-state index in [2.05, 4.69) is 11.9 Å². The van der Waals surface area contributed by atoms with Crippen molar-refractivity contribution in [1.29, 1.82) is 0 Å². The van der Waals surface area contributed by atoms with Gasteiger partial charge in [0.05, 0.1) is 5.75 Å². The number of likely N-dealkylation sites (N-methyl/N-ethyl adjacent to an activating group) is 1. The van der Waals surface area contributed by atoms with Crippen LogP contribution >= 0.6 is 10.7 Å². The fraction of sp³-hybridized carbons (Fsp3) is 0.455. The maximum Gasteiger partial charge on any atom is 0.236 e. The Kier molecular flexibility index (Phi) is 3.24. The Balaban J connectivity index is 2.05. The molecule has 0 amide bonds. The van der Waals surface area contributed by atoms with Crippen molar-refractivity contribution in [3.8, 4) is 0 Å². The summed E-state index contributed by atoms with van der Waals surface area (Å²) >= 11 is 0. The molecule has 1 aromatic rings. The molecule has 1 saturated heterocycles. The fourth-order valence-corrected chi connectivity index (χ4v) is 2.96. The molecule has 1 aromatic carbocycles. The molecule has 0 N–H and O–H groups in total. The second-order valence-electron chi connectivity index (χ2n) is 4.34. The first-order valence-electron chi connectivity index (χ1n) is 5.14. The van der Waals surface area contributed by atoms with E-state index < -0.39 is 9.05 Å². The fourth-order valence-electron chi connectivity index (χ4n) is 1.99. The van der Waals surface area contributed by atoms with Crippen molar-refractivity contribution in [2.45, 2.75) is 11.7 Å². The molecule has 88 valence electrons. The van der Waals surface area contributed by atoms with Crippen LogP contribution in [0.3, 0.4) is 0 Å². The molecular weight excluding hydrogens is 246 g/mol. The van der Waals surface area contributed by atoms with Gasteiger partial charge in [0.15, 0.2) is 0 Å². The summed E-state index contributed by atoms with van der Waals surface area (Å²) in [6.45, 7) is 2.15. The number of rotatable bonds is 3. The minimum atomic E-state index is -3.45. The first-order chi connectivity index (χ1) is 7.44. The SMILES string of the molecule is CN1CC(c2ccc(CS(=O)(=O)Cl)cc2)C1. The van der Waals surface area contributed by atoms with E-state index in [9.17, 15) is 8.42 Å². The van der Waals surface area contributed by atoms with Gasteiger partial charge in [-0.1, -0.05) is 24.3 Å². The van der Waals surface area contributed by atoms with Gasteiger partial charge in [0.25, 0.3) is 0 Å². The predicted molar refractivity (Wildman–Crippen MR) is 65.2 cm³/mol. The molecule has 0 unspecified atom stereocenters. The van der Waals surface area contributed by atoms with Gasteiger partial charge in [0.2, 0.25) is 9.05 Å². The number of halogens is 1. The molecule has 1 aliphatic rings. The standard InChI is InChI=1S/C11H14ClNO2S/c1-13-6-11(7-13)10-4-2-9(3-5-10)8-16(12,14)15/h2-5,11H,6-8H2,1H3. The Hall–Kier alpha value is -0.580. The Labute approximate surface area is 100 Å². The van der Waals surface area contributed by atoms with Crippen LogP contribution in [0.2, 0.25) is 0 Å². The van der Waals surface area contributed by atoms with Crippen molar-refractivity contribution in [3.63, 3.8) is 0 Å². The number of benzene rings is 1. The van der Waals surface area contributed by atoms with E-state index in [-0.39, 0.29) is 5.75 Å². The highest BCUT2D eigenvalue weighted by molar-refractivity contribution is 8.13. The molecule has 5 heteroatoms. The van der Waals surface area contributed by atoms with E-state index in [1.165, 1.54) is 5.56 Å². The second-order valence-corrected chi connectivity index (χ2v) is 7.12. The molecule has 1 heterocycles. The lowest BCUT2D eigenvalue weighted by atomic mass is 9.92. The van der Waals surface area contributed by atoms with Crippen LogP contribution in [0.15, 0.2) is 24.3 Å². The topological polar surface area (TPSA) is 37.4 Å². The van der Waals surface area contributed by atoms with E-state index >= 15 is 0 Å². The number of likely N-dealkylation sites (tertiary alicyclic amines) is 1. The molecule has 3 nitrogen and oxygen atoms in total. The highest BCUT2D eigenvalue weighted by Crippen LogP contribution is 2.25. The molecule has 0 saturated carbocycles. The van der Waals surface area contributed by atoms with Crippen LogP contribution in [0.5, 0.6) is 0 Å². The predicted octanol–water partition coefficient (Wildman–Crippen LogP) is 1.78. The third-order valence-electron chi connectivity index (χ3n) is 2.85. The molecule has 2 rings (SSSR count). The molecular formula is C11H14ClNO2S. The summed E-state index contributed by atoms with van der Waals surface area (Å²) in [6.07, 6.45) is 0. The first-order valence-corrected chi connectivity index (χ1v) is 7.61. The zero-order chi connectivity index (χ0) is 11.8. The maximum atomic E-state index is 10.9. The molecule has 0 aliphatic carbocycles. The summed E-state index contributed by atoms with van der Waals surface area (Å²) in [7, 11) is 3.83. The van der Waals surface area contributed by atoms with Crippen molar-refractivity contribution in [3.05, 3.63) is 35.4 Å². The van der Waals surface area contributed by atoms with E-state index in [1.54, 1.807) is 0 Å². The molecule has 0 radical (unpaired) electrons. The van der Waals surface area contributed by atoms with Crippen LogP contribution in [0.1, 0.15) is 17.0 Å². The molecule has 1 aliphatic heterocycles. The average Bonchev–Trinajstić information content (AvgIpc) is 2.12. The van der Waals surface area contributed by atoms with Gasteiger partial charge in [-0.2, -0.15) is 0 Å². The van der Waals surface area contributed by atoms with Crippen LogP contribution in [-0.4, -0.2) is 33.5 Å². The maximum absolute atomic E-state index is 10.9. The van der Waals surface area contributed by atoms with Crippen molar-refractivity contribution >= 4 is 19.7 Å². The van der Waals surface area contributed by atoms with Gasteiger partial charge >= 0.3 is 0 Å². The van der Waals surface area contributed by atoms with E-state index in [4.69, 9.17) is 10.7 Å². The lowest BCUT2D eigenvalue weighted by Crippen LogP contribution is -2.41. The highest BCUT2D eigenvalue weighted by Gasteiger charge is 2.24. The largest absolute Gasteiger partial charge is 0.305 e. The van der Waals surface area contributed by atoms with Crippen LogP contribution in [0.25, 0.3) is 0 Å². The quantitative estimate of drug-likeness (QED) is 0.777. The third kappa shape index (κ3) is 2.97. The van der Waals surface area contributed by atoms with E-state index in [1.807, 2.05) is 24.3 Å². The number of hydrogen-bond donors (Lipinski definition) is 0. The van der Waals surface area contributed by atoms with Crippen molar-refractivity contribution in [1.82, 2.24) is 4.90 Å². The summed E-state index contributed by atoms with van der Waals surface area (Å²) in [5.74, 6) is 0.492.